The predicted octanol–water partition coefficient (Wildman–Crippen LogP) is 3.61. The number of nitrogens with one attached hydrogen (secondary N) is 2. The van der Waals surface area contributed by atoms with Crippen molar-refractivity contribution in [3.8, 4) is 0 Å². The van der Waals surface area contributed by atoms with Gasteiger partial charge in [-0.2, -0.15) is 0 Å². The van der Waals surface area contributed by atoms with E-state index in [1.54, 1.807) is 12.1 Å². The van der Waals surface area contributed by atoms with Crippen molar-refractivity contribution in [1.82, 2.24) is 10.0 Å². The van der Waals surface area contributed by atoms with Crippen molar-refractivity contribution >= 4 is 15.9 Å². The van der Waals surface area contributed by atoms with E-state index in [1.165, 1.54) is 17.7 Å². The van der Waals surface area contributed by atoms with E-state index in [-0.39, 0.29) is 28.3 Å². The number of benzene rings is 2. The summed E-state index contributed by atoms with van der Waals surface area (Å²) in [6, 6.07) is 16.4. The summed E-state index contributed by atoms with van der Waals surface area (Å²) in [4.78, 5) is 12.7. The molecule has 28 heavy (non-hydrogen) atoms. The Morgan fingerprint density at radius 1 is 1.07 bits per heavy atom. The highest BCUT2D eigenvalue weighted by Gasteiger charge is 2.28. The van der Waals surface area contributed by atoms with Crippen molar-refractivity contribution < 1.29 is 13.2 Å². The lowest BCUT2D eigenvalue weighted by atomic mass is 9.79. The molecule has 2 aromatic carbocycles. The summed E-state index contributed by atoms with van der Waals surface area (Å²) in [5, 5.41) is 3.02. The van der Waals surface area contributed by atoms with Gasteiger partial charge in [0.1, 0.15) is 0 Å². The Kier molecular flexibility index (Phi) is 5.91. The van der Waals surface area contributed by atoms with Gasteiger partial charge >= 0.3 is 0 Å². The Hall–Kier alpha value is -2.18. The van der Waals surface area contributed by atoms with Crippen molar-refractivity contribution in [3.05, 3.63) is 65.7 Å². The van der Waals surface area contributed by atoms with Crippen LogP contribution in [0.2, 0.25) is 0 Å². The van der Waals surface area contributed by atoms with Gasteiger partial charge in [-0.3, -0.25) is 4.79 Å². The van der Waals surface area contributed by atoms with Crippen molar-refractivity contribution in [2.75, 3.05) is 0 Å². The standard InChI is InChI=1S/C22H28N2O3S/c1-16(15-22(2,3)18-7-5-4-6-8-18)23-21(25)17-9-13-20(14-10-17)28(26,27)24-19-11-12-19/h4-10,13-14,16,19,24H,11-12,15H2,1-3H3,(H,23,25). The molecule has 1 aliphatic carbocycles. The van der Waals surface area contributed by atoms with Gasteiger partial charge in [-0.05, 0) is 61.4 Å². The maximum absolute atomic E-state index is 12.6. The first-order valence-corrected chi connectivity index (χ1v) is 11.1. The van der Waals surface area contributed by atoms with Gasteiger partial charge in [-0.15, -0.1) is 0 Å². The smallest absolute Gasteiger partial charge is 0.251 e. The zero-order valence-corrected chi connectivity index (χ0v) is 17.4. The van der Waals surface area contributed by atoms with E-state index in [0.29, 0.717) is 5.56 Å². The Morgan fingerprint density at radius 3 is 2.25 bits per heavy atom. The summed E-state index contributed by atoms with van der Waals surface area (Å²) < 4.78 is 27.1. The van der Waals surface area contributed by atoms with Crippen LogP contribution >= 0.6 is 0 Å². The quantitative estimate of drug-likeness (QED) is 0.711. The van der Waals surface area contributed by atoms with Crippen molar-refractivity contribution in [1.29, 1.82) is 0 Å². The summed E-state index contributed by atoms with van der Waals surface area (Å²) in [5.41, 5.74) is 1.61. The lowest BCUT2D eigenvalue weighted by molar-refractivity contribution is 0.0934. The molecule has 0 aliphatic heterocycles. The second kappa shape index (κ2) is 8.05. The van der Waals surface area contributed by atoms with Crippen LogP contribution < -0.4 is 10.0 Å². The average Bonchev–Trinajstić information content (AvgIpc) is 3.45. The van der Waals surface area contributed by atoms with Gasteiger partial charge in [-0.25, -0.2) is 13.1 Å². The van der Waals surface area contributed by atoms with Gasteiger partial charge in [0.2, 0.25) is 10.0 Å². The van der Waals surface area contributed by atoms with Crippen molar-refractivity contribution in [2.45, 2.75) is 62.4 Å². The van der Waals surface area contributed by atoms with Crippen LogP contribution in [0, 0.1) is 0 Å². The molecule has 6 heteroatoms. The Labute approximate surface area is 167 Å². The third-order valence-electron chi connectivity index (χ3n) is 5.08. The number of rotatable bonds is 8. The molecule has 0 heterocycles. The molecule has 5 nitrogen and oxygen atoms in total. The molecule has 2 aromatic rings. The fourth-order valence-electron chi connectivity index (χ4n) is 3.40. The molecule has 1 amide bonds. The second-order valence-electron chi connectivity index (χ2n) is 8.25. The minimum atomic E-state index is -3.50. The number of amides is 1. The molecule has 150 valence electrons. The largest absolute Gasteiger partial charge is 0.350 e. The van der Waals surface area contributed by atoms with Crippen LogP contribution in [0.25, 0.3) is 0 Å². The molecule has 0 spiro atoms. The van der Waals surface area contributed by atoms with Crippen LogP contribution in [0.15, 0.2) is 59.5 Å². The SMILES string of the molecule is CC(CC(C)(C)c1ccccc1)NC(=O)c1ccc(S(=O)(=O)NC2CC2)cc1. The first-order chi connectivity index (χ1) is 13.2. The second-order valence-corrected chi connectivity index (χ2v) is 9.96. The van der Waals surface area contributed by atoms with Gasteiger partial charge in [0.25, 0.3) is 5.91 Å². The van der Waals surface area contributed by atoms with Crippen LogP contribution in [0.4, 0.5) is 0 Å². The number of carbonyl (C=O) groups is 1. The van der Waals surface area contributed by atoms with Crippen LogP contribution in [0.3, 0.4) is 0 Å². The van der Waals surface area contributed by atoms with E-state index in [4.69, 9.17) is 0 Å². The Morgan fingerprint density at radius 2 is 1.68 bits per heavy atom. The molecular weight excluding hydrogens is 372 g/mol. The summed E-state index contributed by atoms with van der Waals surface area (Å²) in [7, 11) is -3.50. The van der Waals surface area contributed by atoms with Gasteiger partial charge in [0, 0.05) is 17.6 Å². The molecule has 1 aliphatic rings. The highest BCUT2D eigenvalue weighted by Crippen LogP contribution is 2.28. The van der Waals surface area contributed by atoms with Crippen LogP contribution in [-0.4, -0.2) is 26.4 Å². The fraction of sp³-hybridized carbons (Fsp3) is 0.409. The van der Waals surface area contributed by atoms with Crippen LogP contribution in [-0.2, 0) is 15.4 Å². The van der Waals surface area contributed by atoms with Gasteiger partial charge in [0.15, 0.2) is 0 Å². The number of hydrogen-bond donors (Lipinski definition) is 2. The highest BCUT2D eigenvalue weighted by molar-refractivity contribution is 7.89. The molecular formula is C22H28N2O3S. The Bertz CT molecular complexity index is 918. The molecule has 1 unspecified atom stereocenters. The van der Waals surface area contributed by atoms with Crippen molar-refractivity contribution in [2.24, 2.45) is 0 Å². The van der Waals surface area contributed by atoms with Gasteiger partial charge in [-0.1, -0.05) is 44.2 Å². The van der Waals surface area contributed by atoms with Crippen LogP contribution in [0.5, 0.6) is 0 Å². The molecule has 0 saturated heterocycles. The summed E-state index contributed by atoms with van der Waals surface area (Å²) in [6.07, 6.45) is 2.56. The number of carbonyl (C=O) groups excluding carboxylic acids is 1. The fourth-order valence-corrected chi connectivity index (χ4v) is 4.71. The summed E-state index contributed by atoms with van der Waals surface area (Å²) in [5.74, 6) is -0.199. The van der Waals surface area contributed by atoms with Crippen LogP contribution in [0.1, 0.15) is 56.0 Å². The molecule has 3 rings (SSSR count). The summed E-state index contributed by atoms with van der Waals surface area (Å²) in [6.45, 7) is 6.32. The van der Waals surface area contributed by atoms with Gasteiger partial charge < -0.3 is 5.32 Å². The van der Waals surface area contributed by atoms with E-state index >= 15 is 0 Å². The molecule has 0 aromatic heterocycles. The number of hydrogen-bond acceptors (Lipinski definition) is 3. The number of sulfonamides is 1. The zero-order chi connectivity index (χ0) is 20.4. The average molecular weight is 401 g/mol. The predicted molar refractivity (Wildman–Crippen MR) is 111 cm³/mol. The first kappa shape index (κ1) is 20.6. The monoisotopic (exact) mass is 400 g/mol. The normalized spacial score (nSPS) is 15.8. The Balaban J connectivity index is 1.61. The molecule has 1 fully saturated rings. The van der Waals surface area contributed by atoms with E-state index in [0.717, 1.165) is 19.3 Å². The van der Waals surface area contributed by atoms with E-state index < -0.39 is 10.0 Å². The molecule has 1 saturated carbocycles. The maximum atomic E-state index is 12.6. The zero-order valence-electron chi connectivity index (χ0n) is 16.6. The minimum absolute atomic E-state index is 0.0253. The van der Waals surface area contributed by atoms with E-state index in [9.17, 15) is 13.2 Å². The maximum Gasteiger partial charge on any atom is 0.251 e. The third kappa shape index (κ3) is 5.20. The summed E-state index contributed by atoms with van der Waals surface area (Å²) >= 11 is 0. The molecule has 0 radical (unpaired) electrons. The lowest BCUT2D eigenvalue weighted by Crippen LogP contribution is -2.37. The highest BCUT2D eigenvalue weighted by atomic mass is 32.2. The van der Waals surface area contributed by atoms with E-state index in [1.807, 2.05) is 25.1 Å². The molecule has 1 atom stereocenters. The van der Waals surface area contributed by atoms with Gasteiger partial charge in [0.05, 0.1) is 4.90 Å². The molecule has 0 bridgehead atoms. The third-order valence-corrected chi connectivity index (χ3v) is 6.61. The van der Waals surface area contributed by atoms with Crippen molar-refractivity contribution in [3.63, 3.8) is 0 Å². The van der Waals surface area contributed by atoms with E-state index in [2.05, 4.69) is 36.0 Å². The molecule has 2 N–H and O–H groups in total. The minimum Gasteiger partial charge on any atom is -0.350 e. The lowest BCUT2D eigenvalue weighted by Gasteiger charge is -2.29. The topological polar surface area (TPSA) is 75.3 Å². The first-order valence-electron chi connectivity index (χ1n) is 9.66.